The van der Waals surface area contributed by atoms with Gasteiger partial charge in [-0.3, -0.25) is 4.79 Å². The Morgan fingerprint density at radius 3 is 2.44 bits per heavy atom. The molecule has 1 amide bonds. The highest BCUT2D eigenvalue weighted by atomic mass is 35.5. The molecule has 144 valence electrons. The minimum Gasteiger partial charge on any atom is -0.391 e. The molecule has 1 aliphatic rings. The van der Waals surface area contributed by atoms with E-state index in [4.69, 9.17) is 27.9 Å². The molecule has 0 unspecified atom stereocenters. The van der Waals surface area contributed by atoms with E-state index in [1.807, 2.05) is 37.3 Å². The van der Waals surface area contributed by atoms with Crippen LogP contribution in [-0.4, -0.2) is 34.7 Å². The quantitative estimate of drug-likeness (QED) is 0.774. The van der Waals surface area contributed by atoms with Crippen LogP contribution in [0.4, 0.5) is 0 Å². The second-order valence-corrected chi connectivity index (χ2v) is 7.67. The largest absolute Gasteiger partial charge is 0.391 e. The molecule has 0 radical (unpaired) electrons. The molecular formula is C21H23Cl2NO3. The fourth-order valence-electron chi connectivity index (χ4n) is 3.75. The zero-order valence-corrected chi connectivity index (χ0v) is 16.8. The van der Waals surface area contributed by atoms with Crippen molar-refractivity contribution < 1.29 is 14.6 Å². The van der Waals surface area contributed by atoms with E-state index in [-0.39, 0.29) is 24.6 Å². The summed E-state index contributed by atoms with van der Waals surface area (Å²) in [5.74, 6) is -0.138. The lowest BCUT2D eigenvalue weighted by Gasteiger charge is -2.46. The van der Waals surface area contributed by atoms with Crippen LogP contribution in [0.5, 0.6) is 0 Å². The van der Waals surface area contributed by atoms with Gasteiger partial charge in [-0.05, 0) is 48.7 Å². The van der Waals surface area contributed by atoms with Crippen LogP contribution in [0.2, 0.25) is 10.0 Å². The Morgan fingerprint density at radius 1 is 1.15 bits per heavy atom. The second kappa shape index (κ2) is 8.61. The number of hydrogen-bond acceptors (Lipinski definition) is 3. The predicted molar refractivity (Wildman–Crippen MR) is 107 cm³/mol. The van der Waals surface area contributed by atoms with E-state index in [2.05, 4.69) is 0 Å². The SMILES string of the molecule is CC[C@@H]([C@@H](C)O)N1C(=O)CO[C@H](c2cccc(Cl)c2)[C@H]1c1ccc(Cl)cc1. The van der Waals surface area contributed by atoms with Crippen LogP contribution in [0.3, 0.4) is 0 Å². The first kappa shape index (κ1) is 20.2. The van der Waals surface area contributed by atoms with E-state index in [0.717, 1.165) is 11.1 Å². The number of halogens is 2. The van der Waals surface area contributed by atoms with Crippen molar-refractivity contribution >= 4 is 29.1 Å². The number of aliphatic hydroxyl groups is 1. The van der Waals surface area contributed by atoms with Gasteiger partial charge in [0, 0.05) is 10.0 Å². The molecule has 2 aromatic rings. The highest BCUT2D eigenvalue weighted by Gasteiger charge is 2.42. The zero-order chi connectivity index (χ0) is 19.6. The van der Waals surface area contributed by atoms with E-state index in [9.17, 15) is 9.90 Å². The van der Waals surface area contributed by atoms with Gasteiger partial charge in [-0.25, -0.2) is 0 Å². The van der Waals surface area contributed by atoms with Crippen molar-refractivity contribution in [1.82, 2.24) is 4.90 Å². The first-order chi connectivity index (χ1) is 12.9. The molecule has 0 spiro atoms. The van der Waals surface area contributed by atoms with Crippen LogP contribution in [0, 0.1) is 0 Å². The van der Waals surface area contributed by atoms with Gasteiger partial charge in [0.1, 0.15) is 12.7 Å². The van der Waals surface area contributed by atoms with Crippen LogP contribution in [0.1, 0.15) is 43.5 Å². The highest BCUT2D eigenvalue weighted by Crippen LogP contribution is 2.42. The van der Waals surface area contributed by atoms with Gasteiger partial charge in [0.25, 0.3) is 0 Å². The number of hydrogen-bond donors (Lipinski definition) is 1. The summed E-state index contributed by atoms with van der Waals surface area (Å²) in [6.07, 6.45) is -0.419. The van der Waals surface area contributed by atoms with Gasteiger partial charge in [-0.15, -0.1) is 0 Å². The summed E-state index contributed by atoms with van der Waals surface area (Å²) < 4.78 is 5.97. The van der Waals surface area contributed by atoms with Gasteiger partial charge in [-0.2, -0.15) is 0 Å². The number of nitrogens with zero attached hydrogens (tertiary/aromatic N) is 1. The first-order valence-electron chi connectivity index (χ1n) is 9.04. The number of amides is 1. The highest BCUT2D eigenvalue weighted by molar-refractivity contribution is 6.30. The molecule has 0 bridgehead atoms. The molecule has 6 heteroatoms. The van der Waals surface area contributed by atoms with Crippen molar-refractivity contribution in [3.8, 4) is 0 Å². The van der Waals surface area contributed by atoms with Crippen LogP contribution >= 0.6 is 23.2 Å². The van der Waals surface area contributed by atoms with Gasteiger partial charge in [0.05, 0.1) is 18.2 Å². The standard InChI is InChI=1S/C21H23Cl2NO3/c1-3-18(13(2)25)24-19(26)12-27-21(15-5-4-6-17(23)11-15)20(24)14-7-9-16(22)10-8-14/h4-11,13,18,20-21,25H,3,12H2,1-2H3/t13-,18+,20-,21-/m1/s1. The Bertz CT molecular complexity index is 794. The van der Waals surface area contributed by atoms with Gasteiger partial charge in [0.2, 0.25) is 5.91 Å². The number of ether oxygens (including phenoxy) is 1. The summed E-state index contributed by atoms with van der Waals surface area (Å²) in [5.41, 5.74) is 1.79. The predicted octanol–water partition coefficient (Wildman–Crippen LogP) is 4.79. The van der Waals surface area contributed by atoms with E-state index >= 15 is 0 Å². The number of carbonyl (C=O) groups excluding carboxylic acids is 1. The number of carbonyl (C=O) groups is 1. The molecule has 1 fully saturated rings. The molecule has 1 N–H and O–H groups in total. The monoisotopic (exact) mass is 407 g/mol. The maximum Gasteiger partial charge on any atom is 0.249 e. The maximum absolute atomic E-state index is 12.8. The van der Waals surface area contributed by atoms with Crippen molar-refractivity contribution in [3.63, 3.8) is 0 Å². The second-order valence-electron chi connectivity index (χ2n) is 6.80. The van der Waals surface area contributed by atoms with Crippen molar-refractivity contribution in [2.45, 2.75) is 44.6 Å². The van der Waals surface area contributed by atoms with Crippen LogP contribution in [-0.2, 0) is 9.53 Å². The summed E-state index contributed by atoms with van der Waals surface area (Å²) in [6.45, 7) is 3.64. The fourth-order valence-corrected chi connectivity index (χ4v) is 4.07. The van der Waals surface area contributed by atoms with Crippen molar-refractivity contribution in [2.75, 3.05) is 6.61 Å². The third-order valence-corrected chi connectivity index (χ3v) is 5.47. The van der Waals surface area contributed by atoms with E-state index in [1.54, 1.807) is 30.0 Å². The number of aliphatic hydroxyl groups excluding tert-OH is 1. The minimum absolute atomic E-state index is 0.0372. The van der Waals surface area contributed by atoms with Crippen molar-refractivity contribution in [2.24, 2.45) is 0 Å². The Hall–Kier alpha value is -1.59. The van der Waals surface area contributed by atoms with E-state index in [0.29, 0.717) is 16.5 Å². The average molecular weight is 408 g/mol. The summed E-state index contributed by atoms with van der Waals surface area (Å²) in [7, 11) is 0. The topological polar surface area (TPSA) is 49.8 Å². The van der Waals surface area contributed by atoms with E-state index in [1.165, 1.54) is 0 Å². The average Bonchev–Trinajstić information content (AvgIpc) is 2.64. The third-order valence-electron chi connectivity index (χ3n) is 4.98. The third kappa shape index (κ3) is 4.30. The van der Waals surface area contributed by atoms with Crippen LogP contribution in [0.25, 0.3) is 0 Å². The van der Waals surface area contributed by atoms with Gasteiger partial charge < -0.3 is 14.7 Å². The van der Waals surface area contributed by atoms with Crippen LogP contribution in [0.15, 0.2) is 48.5 Å². The Kier molecular flexibility index (Phi) is 6.43. The molecule has 0 aliphatic carbocycles. The lowest BCUT2D eigenvalue weighted by atomic mass is 9.90. The van der Waals surface area contributed by atoms with Crippen molar-refractivity contribution in [1.29, 1.82) is 0 Å². The molecule has 27 heavy (non-hydrogen) atoms. The molecule has 1 aliphatic heterocycles. The Morgan fingerprint density at radius 2 is 1.85 bits per heavy atom. The molecule has 4 nitrogen and oxygen atoms in total. The lowest BCUT2D eigenvalue weighted by Crippen LogP contribution is -2.53. The maximum atomic E-state index is 12.8. The fraction of sp³-hybridized carbons (Fsp3) is 0.381. The minimum atomic E-state index is -0.660. The molecule has 2 aromatic carbocycles. The van der Waals surface area contributed by atoms with E-state index < -0.39 is 12.2 Å². The van der Waals surface area contributed by atoms with Crippen LogP contribution < -0.4 is 0 Å². The first-order valence-corrected chi connectivity index (χ1v) is 9.79. The molecule has 0 saturated carbocycles. The Labute approximate surface area is 169 Å². The molecule has 1 heterocycles. The van der Waals surface area contributed by atoms with Crippen molar-refractivity contribution in [3.05, 3.63) is 69.7 Å². The molecular weight excluding hydrogens is 385 g/mol. The molecule has 0 aromatic heterocycles. The number of benzene rings is 2. The summed E-state index contributed by atoms with van der Waals surface area (Å²) >= 11 is 12.3. The van der Waals surface area contributed by atoms with Gasteiger partial charge >= 0.3 is 0 Å². The molecule has 1 saturated heterocycles. The smallest absolute Gasteiger partial charge is 0.249 e. The van der Waals surface area contributed by atoms with Gasteiger partial charge in [-0.1, -0.05) is 54.4 Å². The summed E-state index contributed by atoms with van der Waals surface area (Å²) in [4.78, 5) is 14.6. The van der Waals surface area contributed by atoms with Gasteiger partial charge in [0.15, 0.2) is 0 Å². The number of morpholine rings is 1. The number of rotatable bonds is 5. The molecule has 3 rings (SSSR count). The Balaban J connectivity index is 2.11. The lowest BCUT2D eigenvalue weighted by molar-refractivity contribution is -0.167. The zero-order valence-electron chi connectivity index (χ0n) is 15.3. The normalized spacial score (nSPS) is 22.6. The summed E-state index contributed by atoms with van der Waals surface area (Å²) in [5, 5.41) is 11.5. The molecule has 4 atom stereocenters. The summed E-state index contributed by atoms with van der Waals surface area (Å²) in [6, 6.07) is 14.2.